The van der Waals surface area contributed by atoms with Gasteiger partial charge in [-0.1, -0.05) is 0 Å². The largest absolute Gasteiger partial charge is 0.493 e. The van der Waals surface area contributed by atoms with Crippen molar-refractivity contribution in [2.75, 3.05) is 39.1 Å². The fourth-order valence-corrected chi connectivity index (χ4v) is 2.74. The lowest BCUT2D eigenvalue weighted by atomic mass is 10.2. The van der Waals surface area contributed by atoms with Crippen LogP contribution < -0.4 is 29.6 Å². The molecular weight excluding hydrogens is 431 g/mol. The van der Waals surface area contributed by atoms with Crippen LogP contribution in [-0.4, -0.2) is 43.4 Å². The topological polar surface area (TPSA) is 99.7 Å². The number of benzene rings is 1. The van der Waals surface area contributed by atoms with Gasteiger partial charge in [-0.15, -0.1) is 0 Å². The van der Waals surface area contributed by atoms with Gasteiger partial charge in [-0.2, -0.15) is 18.2 Å². The van der Waals surface area contributed by atoms with E-state index < -0.39 is 17.6 Å². The van der Waals surface area contributed by atoms with Gasteiger partial charge in [-0.3, -0.25) is 0 Å². The molecule has 1 aromatic carbocycles. The minimum Gasteiger partial charge on any atom is -0.493 e. The van der Waals surface area contributed by atoms with Gasteiger partial charge in [-0.05, 0) is 6.07 Å². The molecule has 0 aliphatic rings. The normalized spacial score (nSPS) is 11.0. The lowest BCUT2D eigenvalue weighted by Crippen LogP contribution is -2.12. The number of aromatic nitrogens is 3. The van der Waals surface area contributed by atoms with E-state index >= 15 is 0 Å². The van der Waals surface area contributed by atoms with E-state index in [-0.39, 0.29) is 11.6 Å². The minimum atomic E-state index is -4.67. The van der Waals surface area contributed by atoms with E-state index in [1.807, 2.05) is 0 Å². The Morgan fingerprint density at radius 2 is 1.47 bits per heavy atom. The molecule has 2 heterocycles. The summed E-state index contributed by atoms with van der Waals surface area (Å²) in [5.41, 5.74) is -0.339. The lowest BCUT2D eigenvalue weighted by Gasteiger charge is -2.16. The molecule has 3 rings (SSSR count). The van der Waals surface area contributed by atoms with Crippen molar-refractivity contribution < 1.29 is 32.1 Å². The first-order valence-corrected chi connectivity index (χ1v) is 9.07. The SMILES string of the molecule is COc1ccc(Nc2nc(Nc3cc(OC)c(OC)c(OC)c3)ncc2C(F)(F)F)cn1. The molecule has 32 heavy (non-hydrogen) atoms. The van der Waals surface area contributed by atoms with Crippen LogP contribution in [0, 0.1) is 0 Å². The van der Waals surface area contributed by atoms with Gasteiger partial charge in [0.05, 0.1) is 40.3 Å². The quantitative estimate of drug-likeness (QED) is 0.516. The standard InChI is InChI=1S/C20H20F3N5O4/c1-29-14-7-12(8-15(30-2)17(14)32-4)27-19-25-10-13(20(21,22)23)18(28-19)26-11-5-6-16(31-3)24-9-11/h5-10H,1-4H3,(H2,25,26,27,28). The zero-order valence-corrected chi connectivity index (χ0v) is 17.6. The first kappa shape index (κ1) is 22.7. The highest BCUT2D eigenvalue weighted by atomic mass is 19.4. The highest BCUT2D eigenvalue weighted by molar-refractivity contribution is 5.67. The van der Waals surface area contributed by atoms with Crippen LogP contribution in [0.3, 0.4) is 0 Å². The van der Waals surface area contributed by atoms with Crippen LogP contribution in [0.2, 0.25) is 0 Å². The van der Waals surface area contributed by atoms with E-state index in [9.17, 15) is 13.2 Å². The molecule has 170 valence electrons. The van der Waals surface area contributed by atoms with Crippen molar-refractivity contribution in [3.05, 3.63) is 42.2 Å². The Kier molecular flexibility index (Phi) is 6.71. The highest BCUT2D eigenvalue weighted by Gasteiger charge is 2.35. The average molecular weight is 451 g/mol. The van der Waals surface area contributed by atoms with Crippen LogP contribution in [0.25, 0.3) is 0 Å². The molecule has 0 saturated carbocycles. The zero-order chi connectivity index (χ0) is 23.3. The first-order valence-electron chi connectivity index (χ1n) is 9.07. The molecule has 0 fully saturated rings. The first-order chi connectivity index (χ1) is 15.3. The summed E-state index contributed by atoms with van der Waals surface area (Å²) in [6, 6.07) is 6.16. The minimum absolute atomic E-state index is 0.0868. The Bertz CT molecular complexity index is 1050. The number of alkyl halides is 3. The number of nitrogens with one attached hydrogen (secondary N) is 2. The van der Waals surface area contributed by atoms with E-state index in [2.05, 4.69) is 25.6 Å². The van der Waals surface area contributed by atoms with Crippen LogP contribution >= 0.6 is 0 Å². The second kappa shape index (κ2) is 9.45. The third-order valence-corrected chi connectivity index (χ3v) is 4.22. The van der Waals surface area contributed by atoms with E-state index in [1.165, 1.54) is 46.8 Å². The summed E-state index contributed by atoms with van der Waals surface area (Å²) in [5, 5.41) is 5.47. The predicted octanol–water partition coefficient (Wildman–Crippen LogP) is 4.41. The number of halogens is 3. The summed E-state index contributed by atoms with van der Waals surface area (Å²) in [6.45, 7) is 0. The van der Waals surface area contributed by atoms with Gasteiger partial charge in [0.25, 0.3) is 0 Å². The molecule has 0 aliphatic heterocycles. The fourth-order valence-electron chi connectivity index (χ4n) is 2.74. The molecule has 0 spiro atoms. The smallest absolute Gasteiger partial charge is 0.421 e. The molecular formula is C20H20F3N5O4. The maximum atomic E-state index is 13.5. The van der Waals surface area contributed by atoms with E-state index in [0.717, 1.165) is 0 Å². The summed E-state index contributed by atoms with van der Waals surface area (Å²) in [5.74, 6) is 0.848. The second-order valence-electron chi connectivity index (χ2n) is 6.21. The number of nitrogens with zero attached hydrogens (tertiary/aromatic N) is 3. The number of rotatable bonds is 8. The van der Waals surface area contributed by atoms with Crippen molar-refractivity contribution in [3.8, 4) is 23.1 Å². The number of pyridine rings is 1. The molecule has 9 nitrogen and oxygen atoms in total. The van der Waals surface area contributed by atoms with Crippen molar-refractivity contribution in [1.29, 1.82) is 0 Å². The van der Waals surface area contributed by atoms with Gasteiger partial charge in [0.1, 0.15) is 11.4 Å². The molecule has 0 amide bonds. The Morgan fingerprint density at radius 1 is 0.781 bits per heavy atom. The van der Waals surface area contributed by atoms with Crippen LogP contribution in [0.5, 0.6) is 23.1 Å². The van der Waals surface area contributed by atoms with Gasteiger partial charge in [0, 0.05) is 30.1 Å². The van der Waals surface area contributed by atoms with Crippen LogP contribution in [0.1, 0.15) is 5.56 Å². The molecule has 3 aromatic rings. The Hall–Kier alpha value is -3.96. The zero-order valence-electron chi connectivity index (χ0n) is 17.6. The monoisotopic (exact) mass is 451 g/mol. The van der Waals surface area contributed by atoms with E-state index in [1.54, 1.807) is 12.1 Å². The Labute approximate surface area is 181 Å². The lowest BCUT2D eigenvalue weighted by molar-refractivity contribution is -0.137. The van der Waals surface area contributed by atoms with E-state index in [0.29, 0.717) is 35.0 Å². The van der Waals surface area contributed by atoms with Gasteiger partial charge in [0.15, 0.2) is 11.5 Å². The van der Waals surface area contributed by atoms with Crippen molar-refractivity contribution in [2.45, 2.75) is 6.18 Å². The predicted molar refractivity (Wildman–Crippen MR) is 110 cm³/mol. The molecule has 2 N–H and O–H groups in total. The molecule has 0 atom stereocenters. The summed E-state index contributed by atoms with van der Waals surface area (Å²) in [7, 11) is 5.78. The van der Waals surface area contributed by atoms with Crippen LogP contribution in [0.15, 0.2) is 36.7 Å². The maximum absolute atomic E-state index is 13.5. The Balaban J connectivity index is 1.97. The Morgan fingerprint density at radius 3 is 1.97 bits per heavy atom. The van der Waals surface area contributed by atoms with Crippen LogP contribution in [0.4, 0.5) is 36.3 Å². The van der Waals surface area contributed by atoms with Crippen molar-refractivity contribution in [3.63, 3.8) is 0 Å². The second-order valence-corrected chi connectivity index (χ2v) is 6.21. The highest BCUT2D eigenvalue weighted by Crippen LogP contribution is 2.41. The summed E-state index contributed by atoms with van der Waals surface area (Å²) in [6.07, 6.45) is -2.66. The molecule has 12 heteroatoms. The number of methoxy groups -OCH3 is 4. The molecule has 0 aliphatic carbocycles. The number of hydrogen-bond acceptors (Lipinski definition) is 9. The number of ether oxygens (including phenoxy) is 4. The third kappa shape index (κ3) is 5.02. The summed E-state index contributed by atoms with van der Waals surface area (Å²) >= 11 is 0. The van der Waals surface area contributed by atoms with Gasteiger partial charge < -0.3 is 29.6 Å². The van der Waals surface area contributed by atoms with Crippen molar-refractivity contribution in [1.82, 2.24) is 15.0 Å². The number of hydrogen-bond donors (Lipinski definition) is 2. The number of anilines is 4. The molecule has 0 bridgehead atoms. The van der Waals surface area contributed by atoms with E-state index in [4.69, 9.17) is 18.9 Å². The molecule has 2 aromatic heterocycles. The molecule has 0 radical (unpaired) electrons. The summed E-state index contributed by atoms with van der Waals surface area (Å²) in [4.78, 5) is 11.8. The van der Waals surface area contributed by atoms with Gasteiger partial charge in [-0.25, -0.2) is 9.97 Å². The fraction of sp³-hybridized carbons (Fsp3) is 0.250. The van der Waals surface area contributed by atoms with Gasteiger partial charge in [0.2, 0.25) is 17.6 Å². The third-order valence-electron chi connectivity index (χ3n) is 4.22. The molecule has 0 saturated heterocycles. The van der Waals surface area contributed by atoms with Gasteiger partial charge >= 0.3 is 6.18 Å². The average Bonchev–Trinajstić information content (AvgIpc) is 2.78. The van der Waals surface area contributed by atoms with Crippen molar-refractivity contribution in [2.24, 2.45) is 0 Å². The maximum Gasteiger partial charge on any atom is 0.421 e. The molecule has 0 unspecified atom stereocenters. The van der Waals surface area contributed by atoms with Crippen LogP contribution in [-0.2, 0) is 6.18 Å². The van der Waals surface area contributed by atoms with Crippen molar-refractivity contribution >= 4 is 23.1 Å². The summed E-state index contributed by atoms with van der Waals surface area (Å²) < 4.78 is 61.2.